The zero-order valence-corrected chi connectivity index (χ0v) is 11.0. The second-order valence-electron chi connectivity index (χ2n) is 4.72. The summed E-state index contributed by atoms with van der Waals surface area (Å²) in [6.07, 6.45) is 2.33. The number of hydrogen-bond acceptors (Lipinski definition) is 2. The van der Waals surface area contributed by atoms with Gasteiger partial charge in [-0.2, -0.15) is 0 Å². The summed E-state index contributed by atoms with van der Waals surface area (Å²) in [6, 6.07) is 7.80. The summed E-state index contributed by atoms with van der Waals surface area (Å²) in [5.41, 5.74) is 0.339. The van der Waals surface area contributed by atoms with Crippen molar-refractivity contribution in [3.8, 4) is 0 Å². The Balaban J connectivity index is 2.00. The van der Waals surface area contributed by atoms with Gasteiger partial charge in [0.05, 0.1) is 6.26 Å². The topological polar surface area (TPSA) is 25.2 Å². The number of nitrogens with one attached hydrogen (secondary N) is 1. The van der Waals surface area contributed by atoms with Crippen molar-refractivity contribution in [1.82, 2.24) is 5.32 Å². The van der Waals surface area contributed by atoms with Crippen molar-refractivity contribution in [3.05, 3.63) is 59.6 Å². The van der Waals surface area contributed by atoms with Crippen molar-refractivity contribution in [2.24, 2.45) is 0 Å². The third-order valence-corrected chi connectivity index (χ3v) is 3.07. The second kappa shape index (κ2) is 5.97. The molecule has 19 heavy (non-hydrogen) atoms. The van der Waals surface area contributed by atoms with Gasteiger partial charge in [0.15, 0.2) is 11.6 Å². The predicted octanol–water partition coefficient (Wildman–Crippen LogP) is 3.84. The van der Waals surface area contributed by atoms with Gasteiger partial charge >= 0.3 is 0 Å². The van der Waals surface area contributed by atoms with Crippen LogP contribution in [0.25, 0.3) is 0 Å². The number of halogens is 2. The van der Waals surface area contributed by atoms with Gasteiger partial charge in [0.1, 0.15) is 5.76 Å². The summed E-state index contributed by atoms with van der Waals surface area (Å²) in [7, 11) is 0. The standard InChI is InChI=1S/C15H17F2NO/c1-10(9-12-5-4-8-19-12)18-11(2)13-6-3-7-14(16)15(13)17/h3-8,10-11,18H,9H2,1-2H3. The molecule has 1 heterocycles. The average molecular weight is 265 g/mol. The molecule has 2 nitrogen and oxygen atoms in total. The van der Waals surface area contributed by atoms with Crippen LogP contribution in [0.4, 0.5) is 8.78 Å². The fraction of sp³-hybridized carbons (Fsp3) is 0.333. The Morgan fingerprint density at radius 3 is 2.63 bits per heavy atom. The Labute approximate surface area is 111 Å². The Bertz CT molecular complexity index is 525. The maximum absolute atomic E-state index is 13.6. The fourth-order valence-electron chi connectivity index (χ4n) is 2.16. The van der Waals surface area contributed by atoms with Gasteiger partial charge in [-0.25, -0.2) is 8.78 Å². The van der Waals surface area contributed by atoms with Crippen LogP contribution in [-0.4, -0.2) is 6.04 Å². The first-order chi connectivity index (χ1) is 9.08. The van der Waals surface area contributed by atoms with Gasteiger partial charge < -0.3 is 9.73 Å². The SMILES string of the molecule is CC(Cc1ccco1)NC(C)c1cccc(F)c1F. The first kappa shape index (κ1) is 13.7. The molecule has 0 spiro atoms. The van der Waals surface area contributed by atoms with E-state index in [0.717, 1.165) is 11.8 Å². The molecule has 0 bridgehead atoms. The Hall–Kier alpha value is -1.68. The molecular weight excluding hydrogens is 248 g/mol. The zero-order chi connectivity index (χ0) is 13.8. The van der Waals surface area contributed by atoms with E-state index in [9.17, 15) is 8.78 Å². The van der Waals surface area contributed by atoms with Gasteiger partial charge in [-0.3, -0.25) is 0 Å². The summed E-state index contributed by atoms with van der Waals surface area (Å²) in [5, 5.41) is 3.24. The third-order valence-electron chi connectivity index (χ3n) is 3.07. The number of hydrogen-bond donors (Lipinski definition) is 1. The van der Waals surface area contributed by atoms with E-state index >= 15 is 0 Å². The minimum atomic E-state index is -0.815. The fourth-order valence-corrected chi connectivity index (χ4v) is 2.16. The summed E-state index contributed by atoms with van der Waals surface area (Å²) < 4.78 is 32.1. The van der Waals surface area contributed by atoms with Crippen molar-refractivity contribution in [2.75, 3.05) is 0 Å². The maximum atomic E-state index is 13.6. The van der Waals surface area contributed by atoms with Gasteiger partial charge in [-0.1, -0.05) is 12.1 Å². The van der Waals surface area contributed by atoms with Crippen molar-refractivity contribution in [3.63, 3.8) is 0 Å². The maximum Gasteiger partial charge on any atom is 0.163 e. The number of rotatable bonds is 5. The van der Waals surface area contributed by atoms with Gasteiger partial charge in [0.2, 0.25) is 0 Å². The van der Waals surface area contributed by atoms with E-state index in [-0.39, 0.29) is 12.1 Å². The molecule has 0 aliphatic heterocycles. The molecule has 0 fully saturated rings. The quantitative estimate of drug-likeness (QED) is 0.888. The first-order valence-electron chi connectivity index (χ1n) is 6.30. The van der Waals surface area contributed by atoms with E-state index in [1.165, 1.54) is 6.07 Å². The lowest BCUT2D eigenvalue weighted by molar-refractivity contribution is 0.415. The molecule has 2 rings (SSSR count). The highest BCUT2D eigenvalue weighted by atomic mass is 19.2. The second-order valence-corrected chi connectivity index (χ2v) is 4.72. The van der Waals surface area contributed by atoms with E-state index in [2.05, 4.69) is 5.32 Å². The third kappa shape index (κ3) is 3.41. The van der Waals surface area contributed by atoms with Crippen LogP contribution in [0.5, 0.6) is 0 Å². The molecule has 0 aliphatic carbocycles. The van der Waals surface area contributed by atoms with Crippen LogP contribution in [0.2, 0.25) is 0 Å². The Morgan fingerprint density at radius 1 is 1.16 bits per heavy atom. The monoisotopic (exact) mass is 265 g/mol. The van der Waals surface area contributed by atoms with E-state index in [0.29, 0.717) is 12.0 Å². The lowest BCUT2D eigenvalue weighted by Crippen LogP contribution is -2.31. The molecule has 0 radical (unpaired) electrons. The molecule has 1 aromatic carbocycles. The van der Waals surface area contributed by atoms with Crippen molar-refractivity contribution < 1.29 is 13.2 Å². The molecule has 4 heteroatoms. The highest BCUT2D eigenvalue weighted by Crippen LogP contribution is 2.19. The minimum absolute atomic E-state index is 0.101. The van der Waals surface area contributed by atoms with Crippen LogP contribution in [0.15, 0.2) is 41.0 Å². The van der Waals surface area contributed by atoms with Crippen LogP contribution in [0.3, 0.4) is 0 Å². The molecular formula is C15H17F2NO. The van der Waals surface area contributed by atoms with E-state index in [4.69, 9.17) is 4.42 Å². The number of furan rings is 1. The minimum Gasteiger partial charge on any atom is -0.469 e. The van der Waals surface area contributed by atoms with E-state index in [1.54, 1.807) is 12.3 Å². The molecule has 0 saturated carbocycles. The molecule has 0 saturated heterocycles. The lowest BCUT2D eigenvalue weighted by Gasteiger charge is -2.20. The lowest BCUT2D eigenvalue weighted by atomic mass is 10.1. The van der Waals surface area contributed by atoms with Gasteiger partial charge in [0, 0.05) is 24.1 Å². The van der Waals surface area contributed by atoms with Gasteiger partial charge in [-0.05, 0) is 32.0 Å². The van der Waals surface area contributed by atoms with Crippen LogP contribution in [0, 0.1) is 11.6 Å². The van der Waals surface area contributed by atoms with Crippen molar-refractivity contribution >= 4 is 0 Å². The van der Waals surface area contributed by atoms with Crippen molar-refractivity contribution in [2.45, 2.75) is 32.4 Å². The Morgan fingerprint density at radius 2 is 1.95 bits per heavy atom. The first-order valence-corrected chi connectivity index (χ1v) is 6.30. The van der Waals surface area contributed by atoms with Crippen LogP contribution < -0.4 is 5.32 Å². The number of benzene rings is 1. The summed E-state index contributed by atoms with van der Waals surface area (Å²) in [6.45, 7) is 3.80. The smallest absolute Gasteiger partial charge is 0.163 e. The Kier molecular flexibility index (Phi) is 4.32. The normalized spacial score (nSPS) is 14.3. The average Bonchev–Trinajstić information content (AvgIpc) is 2.85. The van der Waals surface area contributed by atoms with Crippen molar-refractivity contribution in [1.29, 1.82) is 0 Å². The summed E-state index contributed by atoms with van der Waals surface area (Å²) in [5.74, 6) is -0.732. The highest BCUT2D eigenvalue weighted by Gasteiger charge is 2.16. The van der Waals surface area contributed by atoms with E-state index in [1.807, 2.05) is 26.0 Å². The van der Waals surface area contributed by atoms with Crippen LogP contribution in [-0.2, 0) is 6.42 Å². The summed E-state index contributed by atoms with van der Waals surface area (Å²) in [4.78, 5) is 0. The molecule has 2 aromatic rings. The zero-order valence-electron chi connectivity index (χ0n) is 11.0. The van der Waals surface area contributed by atoms with Crippen LogP contribution in [0.1, 0.15) is 31.2 Å². The molecule has 2 atom stereocenters. The molecule has 2 unspecified atom stereocenters. The molecule has 0 aliphatic rings. The summed E-state index contributed by atoms with van der Waals surface area (Å²) >= 11 is 0. The van der Waals surface area contributed by atoms with Gasteiger partial charge in [-0.15, -0.1) is 0 Å². The van der Waals surface area contributed by atoms with E-state index < -0.39 is 11.6 Å². The molecule has 1 N–H and O–H groups in total. The largest absolute Gasteiger partial charge is 0.469 e. The molecule has 1 aromatic heterocycles. The highest BCUT2D eigenvalue weighted by molar-refractivity contribution is 5.22. The van der Waals surface area contributed by atoms with Crippen LogP contribution >= 0.6 is 0 Å². The molecule has 0 amide bonds. The van der Waals surface area contributed by atoms with Gasteiger partial charge in [0.25, 0.3) is 0 Å². The molecule has 102 valence electrons. The predicted molar refractivity (Wildman–Crippen MR) is 69.8 cm³/mol.